The minimum Gasteiger partial charge on any atom is -0.393 e. The molecule has 2 aromatic carbocycles. The van der Waals surface area contributed by atoms with Crippen molar-refractivity contribution in [3.8, 4) is 0 Å². The van der Waals surface area contributed by atoms with Crippen molar-refractivity contribution < 1.29 is 9.59 Å². The Morgan fingerprint density at radius 2 is 1.54 bits per heavy atom. The van der Waals surface area contributed by atoms with E-state index in [1.165, 1.54) is 13.3 Å². The van der Waals surface area contributed by atoms with Crippen molar-refractivity contribution in [3.63, 3.8) is 0 Å². The summed E-state index contributed by atoms with van der Waals surface area (Å²) in [6, 6.07) is 15.8. The van der Waals surface area contributed by atoms with Crippen LogP contribution >= 0.6 is 0 Å². The molecule has 0 radical (unpaired) electrons. The first-order valence-corrected chi connectivity index (χ1v) is 8.39. The van der Waals surface area contributed by atoms with E-state index >= 15 is 0 Å². The van der Waals surface area contributed by atoms with Crippen LogP contribution in [0, 0.1) is 0 Å². The molecule has 0 unspecified atom stereocenters. The lowest BCUT2D eigenvalue weighted by molar-refractivity contribution is -0.114. The molecule has 0 fully saturated rings. The molecule has 0 atom stereocenters. The van der Waals surface area contributed by atoms with Crippen LogP contribution in [0.15, 0.2) is 60.9 Å². The monoisotopic (exact) mass is 377 g/mol. The van der Waals surface area contributed by atoms with Crippen LogP contribution in [0.3, 0.4) is 0 Å². The number of benzene rings is 2. The molecule has 0 aliphatic carbocycles. The highest BCUT2D eigenvalue weighted by atomic mass is 16.2. The molecule has 0 saturated carbocycles. The molecule has 0 saturated heterocycles. The Labute approximate surface area is 161 Å². The number of nitrogens with zero attached hydrogens (tertiary/aromatic N) is 2. The van der Waals surface area contributed by atoms with Gasteiger partial charge in [-0.25, -0.2) is 9.97 Å². The van der Waals surface area contributed by atoms with Crippen LogP contribution in [0.2, 0.25) is 0 Å². The zero-order chi connectivity index (χ0) is 19.9. The Morgan fingerprint density at radius 1 is 0.893 bits per heavy atom. The first-order chi connectivity index (χ1) is 13.5. The number of aromatic nitrogens is 2. The van der Waals surface area contributed by atoms with E-state index in [1.807, 2.05) is 6.07 Å². The normalized spacial score (nSPS) is 10.0. The van der Waals surface area contributed by atoms with Crippen LogP contribution < -0.4 is 27.2 Å². The van der Waals surface area contributed by atoms with Gasteiger partial charge in [0, 0.05) is 23.9 Å². The smallest absolute Gasteiger partial charge is 0.269 e. The maximum atomic E-state index is 12.1. The summed E-state index contributed by atoms with van der Waals surface area (Å²) in [5.74, 6) is 0.172. The molecule has 0 bridgehead atoms. The second kappa shape index (κ2) is 8.49. The number of hydrogen-bond acceptors (Lipinski definition) is 7. The predicted octanol–water partition coefficient (Wildman–Crippen LogP) is 2.52. The molecule has 0 aliphatic heterocycles. The number of rotatable bonds is 6. The minimum atomic E-state index is -0.318. The van der Waals surface area contributed by atoms with Gasteiger partial charge in [0.2, 0.25) is 5.91 Å². The largest absolute Gasteiger partial charge is 0.393 e. The quantitative estimate of drug-likeness (QED) is 0.417. The molecule has 9 heteroatoms. The van der Waals surface area contributed by atoms with Crippen molar-refractivity contribution in [1.82, 2.24) is 15.4 Å². The summed E-state index contributed by atoms with van der Waals surface area (Å²) in [5, 5.41) is 5.76. The molecule has 3 rings (SSSR count). The van der Waals surface area contributed by atoms with Crippen molar-refractivity contribution in [1.29, 1.82) is 0 Å². The van der Waals surface area contributed by atoms with Crippen molar-refractivity contribution in [3.05, 3.63) is 66.5 Å². The fraction of sp³-hybridized carbons (Fsp3) is 0.0526. The van der Waals surface area contributed by atoms with Crippen molar-refractivity contribution >= 4 is 40.5 Å². The predicted molar refractivity (Wildman–Crippen MR) is 108 cm³/mol. The molecule has 142 valence electrons. The van der Waals surface area contributed by atoms with E-state index in [1.54, 1.807) is 48.5 Å². The Morgan fingerprint density at radius 3 is 2.21 bits per heavy atom. The maximum absolute atomic E-state index is 12.1. The van der Waals surface area contributed by atoms with E-state index in [2.05, 4.69) is 31.5 Å². The molecular formula is C19H19N7O2. The van der Waals surface area contributed by atoms with Crippen LogP contribution in [0.1, 0.15) is 17.3 Å². The summed E-state index contributed by atoms with van der Waals surface area (Å²) >= 11 is 0. The van der Waals surface area contributed by atoms with Gasteiger partial charge >= 0.3 is 0 Å². The lowest BCUT2D eigenvalue weighted by Crippen LogP contribution is -2.30. The van der Waals surface area contributed by atoms with E-state index in [0.717, 1.165) is 5.69 Å². The van der Waals surface area contributed by atoms with Crippen molar-refractivity contribution in [2.24, 2.45) is 0 Å². The molecule has 0 aliphatic rings. The summed E-state index contributed by atoms with van der Waals surface area (Å²) in [5.41, 5.74) is 13.5. The Hall–Kier alpha value is -4.14. The number of hydrogen-bond donors (Lipinski definition) is 5. The highest BCUT2D eigenvalue weighted by Gasteiger charge is 2.10. The molecule has 0 spiro atoms. The topological polar surface area (TPSA) is 134 Å². The molecule has 2 amide bonds. The van der Waals surface area contributed by atoms with Gasteiger partial charge in [-0.3, -0.25) is 20.4 Å². The van der Waals surface area contributed by atoms with Crippen LogP contribution in [0.5, 0.6) is 0 Å². The van der Waals surface area contributed by atoms with Gasteiger partial charge in [-0.05, 0) is 36.4 Å². The number of nitrogen functional groups attached to an aromatic ring is 1. The Balaban J connectivity index is 1.67. The highest BCUT2D eigenvalue weighted by Crippen LogP contribution is 2.26. The van der Waals surface area contributed by atoms with Crippen LogP contribution in [0.4, 0.5) is 28.7 Å². The first kappa shape index (κ1) is 18.6. The molecule has 28 heavy (non-hydrogen) atoms. The van der Waals surface area contributed by atoms with Crippen LogP contribution in [-0.4, -0.2) is 21.8 Å². The number of carbonyl (C=O) groups excluding carboxylic acids is 2. The minimum absolute atomic E-state index is 0.144. The van der Waals surface area contributed by atoms with Gasteiger partial charge in [0.05, 0.1) is 0 Å². The number of anilines is 5. The standard InChI is InChI=1S/C19H19N7O2/c1-12(27)23-14-7-9-15(10-8-14)24-17-16(20)18(22-11-21-17)25-26-19(28)13-5-3-2-4-6-13/h2-11H,20H2,1H3,(H,23,27)(H,26,28)(H2,21,22,24,25). The van der Waals surface area contributed by atoms with E-state index < -0.39 is 0 Å². The van der Waals surface area contributed by atoms with Gasteiger partial charge in [0.25, 0.3) is 5.91 Å². The second-order valence-corrected chi connectivity index (χ2v) is 5.81. The number of nitrogens with one attached hydrogen (secondary N) is 4. The Kier molecular flexibility index (Phi) is 5.66. The summed E-state index contributed by atoms with van der Waals surface area (Å²) < 4.78 is 0. The zero-order valence-electron chi connectivity index (χ0n) is 15.1. The molecule has 1 heterocycles. The number of hydrazine groups is 1. The number of amides is 2. The summed E-state index contributed by atoms with van der Waals surface area (Å²) in [7, 11) is 0. The highest BCUT2D eigenvalue weighted by molar-refractivity contribution is 5.95. The van der Waals surface area contributed by atoms with Gasteiger partial charge in [-0.15, -0.1) is 0 Å². The molecule has 6 N–H and O–H groups in total. The third kappa shape index (κ3) is 4.73. The van der Waals surface area contributed by atoms with E-state index in [4.69, 9.17) is 5.73 Å². The molecule has 9 nitrogen and oxygen atoms in total. The van der Waals surface area contributed by atoms with Crippen LogP contribution in [0.25, 0.3) is 0 Å². The lowest BCUT2D eigenvalue weighted by atomic mass is 10.2. The van der Waals surface area contributed by atoms with Crippen LogP contribution in [-0.2, 0) is 4.79 Å². The average molecular weight is 377 g/mol. The first-order valence-electron chi connectivity index (χ1n) is 8.39. The summed E-state index contributed by atoms with van der Waals surface area (Å²) in [4.78, 5) is 31.3. The molecule has 3 aromatic rings. The van der Waals surface area contributed by atoms with E-state index in [0.29, 0.717) is 17.1 Å². The summed E-state index contributed by atoms with van der Waals surface area (Å²) in [6.07, 6.45) is 1.32. The van der Waals surface area contributed by atoms with Gasteiger partial charge in [-0.2, -0.15) is 0 Å². The fourth-order valence-corrected chi connectivity index (χ4v) is 2.35. The van der Waals surface area contributed by atoms with Gasteiger partial charge in [-0.1, -0.05) is 18.2 Å². The third-order valence-corrected chi connectivity index (χ3v) is 3.68. The fourth-order valence-electron chi connectivity index (χ4n) is 2.35. The van der Waals surface area contributed by atoms with E-state index in [9.17, 15) is 9.59 Å². The molecular weight excluding hydrogens is 358 g/mol. The zero-order valence-corrected chi connectivity index (χ0v) is 15.1. The number of nitrogens with two attached hydrogens (primary N) is 1. The van der Waals surface area contributed by atoms with Crippen molar-refractivity contribution in [2.75, 3.05) is 21.8 Å². The third-order valence-electron chi connectivity index (χ3n) is 3.68. The van der Waals surface area contributed by atoms with Gasteiger partial charge in [0.15, 0.2) is 11.6 Å². The lowest BCUT2D eigenvalue weighted by Gasteiger charge is -2.13. The van der Waals surface area contributed by atoms with Crippen molar-refractivity contribution in [2.45, 2.75) is 6.92 Å². The Bertz CT molecular complexity index is 975. The van der Waals surface area contributed by atoms with Gasteiger partial charge in [0.1, 0.15) is 12.0 Å². The SMILES string of the molecule is CC(=O)Nc1ccc(Nc2ncnc(NNC(=O)c3ccccc3)c2N)cc1. The summed E-state index contributed by atoms with van der Waals surface area (Å²) in [6.45, 7) is 1.44. The molecule has 1 aromatic heterocycles. The second-order valence-electron chi connectivity index (χ2n) is 5.81. The van der Waals surface area contributed by atoms with Gasteiger partial charge < -0.3 is 16.4 Å². The average Bonchev–Trinajstić information content (AvgIpc) is 2.70. The maximum Gasteiger partial charge on any atom is 0.269 e. The number of carbonyl (C=O) groups is 2. The van der Waals surface area contributed by atoms with E-state index in [-0.39, 0.29) is 23.3 Å².